The van der Waals surface area contributed by atoms with Crippen molar-refractivity contribution < 1.29 is 19.0 Å². The molecule has 0 heterocycles. The summed E-state index contributed by atoms with van der Waals surface area (Å²) in [5.74, 6) is -1.00. The summed E-state index contributed by atoms with van der Waals surface area (Å²) >= 11 is 0. The molecule has 2 aromatic carbocycles. The van der Waals surface area contributed by atoms with Gasteiger partial charge in [0.05, 0.1) is 6.61 Å². The van der Waals surface area contributed by atoms with Crippen LogP contribution in [0.5, 0.6) is 0 Å². The van der Waals surface area contributed by atoms with E-state index < -0.39 is 12.1 Å². The zero-order valence-corrected chi connectivity index (χ0v) is 11.0. The van der Waals surface area contributed by atoms with Gasteiger partial charge in [0.1, 0.15) is 5.82 Å². The van der Waals surface area contributed by atoms with Crippen LogP contribution in [-0.4, -0.2) is 17.7 Å². The van der Waals surface area contributed by atoms with Crippen molar-refractivity contribution >= 4 is 5.97 Å². The molecule has 1 N–H and O–H groups in total. The average molecular weight is 274 g/mol. The first-order chi connectivity index (χ1) is 9.63. The van der Waals surface area contributed by atoms with Crippen LogP contribution in [0, 0.1) is 5.82 Å². The van der Waals surface area contributed by atoms with Crippen LogP contribution in [0.3, 0.4) is 0 Å². The molecule has 0 bridgehead atoms. The molecule has 104 valence electrons. The molecule has 4 heteroatoms. The second-order valence-corrected chi connectivity index (χ2v) is 4.26. The van der Waals surface area contributed by atoms with Crippen LogP contribution in [0.25, 0.3) is 11.1 Å². The predicted molar refractivity (Wildman–Crippen MR) is 73.4 cm³/mol. The van der Waals surface area contributed by atoms with Gasteiger partial charge in [-0.25, -0.2) is 9.18 Å². The SMILES string of the molecule is CCOC(=O)C(O)c1ccc(-c2ccccc2F)cc1. The van der Waals surface area contributed by atoms with Crippen LogP contribution < -0.4 is 0 Å². The molecular weight excluding hydrogens is 259 g/mol. The van der Waals surface area contributed by atoms with Gasteiger partial charge in [-0.2, -0.15) is 0 Å². The number of carbonyl (C=O) groups is 1. The summed E-state index contributed by atoms with van der Waals surface area (Å²) in [6.45, 7) is 1.88. The normalized spacial score (nSPS) is 11.9. The first-order valence-corrected chi connectivity index (χ1v) is 6.33. The fourth-order valence-electron chi connectivity index (χ4n) is 1.90. The number of esters is 1. The van der Waals surface area contributed by atoms with Gasteiger partial charge in [0, 0.05) is 5.56 Å². The van der Waals surface area contributed by atoms with E-state index >= 15 is 0 Å². The van der Waals surface area contributed by atoms with E-state index in [1.807, 2.05) is 0 Å². The first kappa shape index (κ1) is 14.2. The Kier molecular flexibility index (Phi) is 4.48. The zero-order chi connectivity index (χ0) is 14.5. The van der Waals surface area contributed by atoms with Crippen molar-refractivity contribution in [1.29, 1.82) is 0 Å². The zero-order valence-electron chi connectivity index (χ0n) is 11.0. The lowest BCUT2D eigenvalue weighted by Gasteiger charge is -2.10. The van der Waals surface area contributed by atoms with E-state index in [-0.39, 0.29) is 12.4 Å². The van der Waals surface area contributed by atoms with E-state index in [9.17, 15) is 14.3 Å². The highest BCUT2D eigenvalue weighted by Crippen LogP contribution is 2.24. The van der Waals surface area contributed by atoms with E-state index in [4.69, 9.17) is 4.74 Å². The number of aliphatic hydroxyl groups is 1. The number of hydrogen-bond donors (Lipinski definition) is 1. The van der Waals surface area contributed by atoms with Crippen molar-refractivity contribution in [2.75, 3.05) is 6.61 Å². The topological polar surface area (TPSA) is 46.5 Å². The van der Waals surface area contributed by atoms with E-state index in [1.165, 1.54) is 6.07 Å². The largest absolute Gasteiger partial charge is 0.464 e. The number of hydrogen-bond acceptors (Lipinski definition) is 3. The lowest BCUT2D eigenvalue weighted by Crippen LogP contribution is -2.15. The number of halogens is 1. The molecule has 2 aromatic rings. The molecule has 3 nitrogen and oxygen atoms in total. The highest BCUT2D eigenvalue weighted by Gasteiger charge is 2.18. The molecule has 20 heavy (non-hydrogen) atoms. The van der Waals surface area contributed by atoms with Crippen LogP contribution in [0.1, 0.15) is 18.6 Å². The molecule has 0 aliphatic heterocycles. The molecular formula is C16H15FO3. The van der Waals surface area contributed by atoms with Crippen molar-refractivity contribution in [3.8, 4) is 11.1 Å². The molecule has 0 fully saturated rings. The van der Waals surface area contributed by atoms with Crippen molar-refractivity contribution in [3.63, 3.8) is 0 Å². The van der Waals surface area contributed by atoms with Crippen LogP contribution in [-0.2, 0) is 9.53 Å². The number of benzene rings is 2. The maximum Gasteiger partial charge on any atom is 0.339 e. The number of carbonyl (C=O) groups excluding carboxylic acids is 1. The molecule has 0 aromatic heterocycles. The molecule has 0 radical (unpaired) electrons. The lowest BCUT2D eigenvalue weighted by atomic mass is 10.0. The fraction of sp³-hybridized carbons (Fsp3) is 0.188. The lowest BCUT2D eigenvalue weighted by molar-refractivity contribution is -0.153. The van der Waals surface area contributed by atoms with Gasteiger partial charge in [-0.1, -0.05) is 42.5 Å². The summed E-state index contributed by atoms with van der Waals surface area (Å²) in [5.41, 5.74) is 1.58. The molecule has 0 saturated heterocycles. The molecule has 0 spiro atoms. The van der Waals surface area contributed by atoms with Gasteiger partial charge in [-0.05, 0) is 24.1 Å². The molecule has 0 aliphatic carbocycles. The minimum Gasteiger partial charge on any atom is -0.464 e. The van der Waals surface area contributed by atoms with Gasteiger partial charge in [0.25, 0.3) is 0 Å². The van der Waals surface area contributed by atoms with Gasteiger partial charge >= 0.3 is 5.97 Å². The Morgan fingerprint density at radius 2 is 1.85 bits per heavy atom. The smallest absolute Gasteiger partial charge is 0.339 e. The van der Waals surface area contributed by atoms with Crippen LogP contribution >= 0.6 is 0 Å². The Morgan fingerprint density at radius 1 is 1.20 bits per heavy atom. The van der Waals surface area contributed by atoms with E-state index in [1.54, 1.807) is 49.4 Å². The molecule has 2 rings (SSSR count). The summed E-state index contributed by atoms with van der Waals surface area (Å²) in [7, 11) is 0. The van der Waals surface area contributed by atoms with Crippen molar-refractivity contribution in [2.24, 2.45) is 0 Å². The van der Waals surface area contributed by atoms with Gasteiger partial charge in [-0.3, -0.25) is 0 Å². The molecule has 1 unspecified atom stereocenters. The van der Waals surface area contributed by atoms with Crippen molar-refractivity contribution in [3.05, 3.63) is 59.9 Å². The third kappa shape index (κ3) is 3.03. The number of aliphatic hydroxyl groups excluding tert-OH is 1. The van der Waals surface area contributed by atoms with Crippen LogP contribution in [0.4, 0.5) is 4.39 Å². The summed E-state index contributed by atoms with van der Waals surface area (Å²) in [6.07, 6.45) is -1.32. The Labute approximate surface area is 116 Å². The quantitative estimate of drug-likeness (QED) is 0.871. The Bertz CT molecular complexity index is 593. The highest BCUT2D eigenvalue weighted by molar-refractivity contribution is 5.76. The second-order valence-electron chi connectivity index (χ2n) is 4.26. The average Bonchev–Trinajstić information content (AvgIpc) is 2.47. The number of rotatable bonds is 4. The van der Waals surface area contributed by atoms with Crippen LogP contribution in [0.2, 0.25) is 0 Å². The fourth-order valence-corrected chi connectivity index (χ4v) is 1.90. The molecule has 0 aliphatic rings. The minimum absolute atomic E-state index is 0.212. The summed E-state index contributed by atoms with van der Waals surface area (Å²) in [5, 5.41) is 9.79. The van der Waals surface area contributed by atoms with Gasteiger partial charge < -0.3 is 9.84 Å². The Hall–Kier alpha value is -2.20. The van der Waals surface area contributed by atoms with Crippen LogP contribution in [0.15, 0.2) is 48.5 Å². The van der Waals surface area contributed by atoms with Crippen molar-refractivity contribution in [2.45, 2.75) is 13.0 Å². The maximum atomic E-state index is 13.6. The molecule has 1 atom stereocenters. The minimum atomic E-state index is -1.32. The monoisotopic (exact) mass is 274 g/mol. The highest BCUT2D eigenvalue weighted by atomic mass is 19.1. The summed E-state index contributed by atoms with van der Waals surface area (Å²) in [4.78, 5) is 11.4. The van der Waals surface area contributed by atoms with Crippen molar-refractivity contribution in [1.82, 2.24) is 0 Å². The van der Waals surface area contributed by atoms with E-state index in [0.29, 0.717) is 16.7 Å². The van der Waals surface area contributed by atoms with E-state index in [0.717, 1.165) is 0 Å². The third-order valence-electron chi connectivity index (χ3n) is 2.92. The second kappa shape index (κ2) is 6.30. The number of ether oxygens (including phenoxy) is 1. The van der Waals surface area contributed by atoms with Gasteiger partial charge in [0.2, 0.25) is 0 Å². The Morgan fingerprint density at radius 3 is 2.45 bits per heavy atom. The van der Waals surface area contributed by atoms with Gasteiger partial charge in [0.15, 0.2) is 6.10 Å². The van der Waals surface area contributed by atoms with Gasteiger partial charge in [-0.15, -0.1) is 0 Å². The standard InChI is InChI=1S/C16H15FO3/c1-2-20-16(19)15(18)12-9-7-11(8-10-12)13-5-3-4-6-14(13)17/h3-10,15,18H,2H2,1H3. The van der Waals surface area contributed by atoms with E-state index in [2.05, 4.69) is 0 Å². The predicted octanol–water partition coefficient (Wildman–Crippen LogP) is 3.09. The Balaban J connectivity index is 2.23. The summed E-state index contributed by atoms with van der Waals surface area (Å²) in [6, 6.07) is 12.9. The maximum absolute atomic E-state index is 13.6. The third-order valence-corrected chi connectivity index (χ3v) is 2.92. The molecule has 0 amide bonds. The first-order valence-electron chi connectivity index (χ1n) is 6.33. The summed E-state index contributed by atoms with van der Waals surface area (Å²) < 4.78 is 18.4. The molecule has 0 saturated carbocycles.